The molecule has 0 fully saturated rings. The molecule has 0 atom stereocenters. The van der Waals surface area contributed by atoms with Gasteiger partial charge in [-0.2, -0.15) is 0 Å². The van der Waals surface area contributed by atoms with Crippen LogP contribution in [0.4, 0.5) is 0 Å². The second-order valence-electron chi connectivity index (χ2n) is 2.86. The molecule has 1 nitrogen and oxygen atoms in total. The van der Waals surface area contributed by atoms with Crippen molar-refractivity contribution in [2.24, 2.45) is 0 Å². The summed E-state index contributed by atoms with van der Waals surface area (Å²) in [6.45, 7) is 16.2. The second kappa shape index (κ2) is 10.1. The van der Waals surface area contributed by atoms with E-state index in [1.165, 1.54) is 12.0 Å². The monoisotopic (exact) mass is 195 g/mol. The van der Waals surface area contributed by atoms with E-state index in [0.29, 0.717) is 0 Å². The first kappa shape index (κ1) is 15.5. The van der Waals surface area contributed by atoms with Crippen molar-refractivity contribution in [2.75, 3.05) is 0 Å². The largest absolute Gasteiger partial charge is 0.361 e. The number of rotatable bonds is 0. The van der Waals surface area contributed by atoms with E-state index in [1.807, 2.05) is 40.0 Å². The average Bonchev–Trinajstić information content (AvgIpc) is 2.52. The lowest BCUT2D eigenvalue weighted by Crippen LogP contribution is -2.21. The molecule has 1 N–H and O–H groups in total. The fraction of sp³-hybridized carbons (Fsp3) is 0.538. The molecule has 0 bridgehead atoms. The minimum Gasteiger partial charge on any atom is -0.361 e. The minimum atomic E-state index is 1.11. The molecule has 1 rings (SSSR count). The van der Waals surface area contributed by atoms with Crippen molar-refractivity contribution in [3.63, 3.8) is 0 Å². The SMILES string of the molecule is C=c1c(C)c[nH]/c1=C/C.CC.CCC. The van der Waals surface area contributed by atoms with Gasteiger partial charge in [0.25, 0.3) is 0 Å². The number of hydrogen-bond donors (Lipinski definition) is 1. The van der Waals surface area contributed by atoms with Gasteiger partial charge in [0.15, 0.2) is 0 Å². The summed E-state index contributed by atoms with van der Waals surface area (Å²) in [6, 6.07) is 0. The Kier molecular flexibility index (Phi) is 11.2. The standard InChI is InChI=1S/C8H11N.C3H8.C2H6/c1-4-8-7(3)6(2)5-9-8;1-3-2;1-2/h4-5,9H,3H2,1-2H3;3H2,1-2H3;1-2H3/b8-4+;;. The predicted octanol–water partition coefficient (Wildman–Crippen LogP) is 2.98. The molecule has 0 aliphatic rings. The highest BCUT2D eigenvalue weighted by Crippen LogP contribution is 1.76. The maximum Gasteiger partial charge on any atom is 0.0407 e. The van der Waals surface area contributed by atoms with Gasteiger partial charge >= 0.3 is 0 Å². The van der Waals surface area contributed by atoms with Crippen molar-refractivity contribution in [3.05, 3.63) is 22.3 Å². The Morgan fingerprint density at radius 3 is 1.93 bits per heavy atom. The molecular weight excluding hydrogens is 170 g/mol. The van der Waals surface area contributed by atoms with Crippen LogP contribution in [-0.2, 0) is 0 Å². The lowest BCUT2D eigenvalue weighted by atomic mass is 10.3. The third kappa shape index (κ3) is 5.63. The third-order valence-electron chi connectivity index (χ3n) is 1.53. The number of nitrogens with one attached hydrogen (secondary N) is 1. The van der Waals surface area contributed by atoms with E-state index in [2.05, 4.69) is 25.4 Å². The Bertz CT molecular complexity index is 306. The van der Waals surface area contributed by atoms with Gasteiger partial charge in [0.05, 0.1) is 0 Å². The van der Waals surface area contributed by atoms with Gasteiger partial charge in [0, 0.05) is 11.5 Å². The van der Waals surface area contributed by atoms with Gasteiger partial charge in [-0.15, -0.1) is 0 Å². The Morgan fingerprint density at radius 1 is 1.36 bits per heavy atom. The quantitative estimate of drug-likeness (QED) is 0.655. The molecule has 0 aliphatic heterocycles. The van der Waals surface area contributed by atoms with Crippen molar-refractivity contribution in [1.82, 2.24) is 4.98 Å². The number of aromatic amines is 1. The van der Waals surface area contributed by atoms with Gasteiger partial charge in [0.2, 0.25) is 0 Å². The number of aromatic nitrogens is 1. The van der Waals surface area contributed by atoms with Crippen LogP contribution in [0.5, 0.6) is 0 Å². The van der Waals surface area contributed by atoms with Crippen LogP contribution in [-0.4, -0.2) is 4.98 Å². The first-order chi connectivity index (χ1) is 6.67. The fourth-order valence-electron chi connectivity index (χ4n) is 0.830. The maximum atomic E-state index is 3.89. The molecule has 0 aliphatic carbocycles. The van der Waals surface area contributed by atoms with E-state index in [0.717, 1.165) is 10.6 Å². The van der Waals surface area contributed by atoms with E-state index in [9.17, 15) is 0 Å². The summed E-state index contributed by atoms with van der Waals surface area (Å²) < 4.78 is 0. The summed E-state index contributed by atoms with van der Waals surface area (Å²) in [7, 11) is 0. The van der Waals surface area contributed by atoms with Crippen molar-refractivity contribution < 1.29 is 0 Å². The van der Waals surface area contributed by atoms with E-state index >= 15 is 0 Å². The molecule has 0 aromatic carbocycles. The molecule has 0 saturated heterocycles. The number of hydrogen-bond acceptors (Lipinski definition) is 0. The van der Waals surface area contributed by atoms with E-state index in [1.54, 1.807) is 0 Å². The van der Waals surface area contributed by atoms with E-state index < -0.39 is 0 Å². The lowest BCUT2D eigenvalue weighted by Gasteiger charge is -1.74. The smallest absolute Gasteiger partial charge is 0.0407 e. The summed E-state index contributed by atoms with van der Waals surface area (Å²) in [5.74, 6) is 0. The molecular formula is C13H25N. The summed E-state index contributed by atoms with van der Waals surface area (Å²) in [5.41, 5.74) is 1.23. The van der Waals surface area contributed by atoms with Gasteiger partial charge in [-0.1, -0.05) is 46.8 Å². The molecule has 1 heteroatoms. The van der Waals surface area contributed by atoms with Crippen LogP contribution < -0.4 is 10.6 Å². The zero-order valence-corrected chi connectivity index (χ0v) is 10.6. The Labute approximate surface area is 88.6 Å². The van der Waals surface area contributed by atoms with Crippen LogP contribution in [0.3, 0.4) is 0 Å². The first-order valence-electron chi connectivity index (χ1n) is 5.46. The number of H-pyrrole nitrogens is 1. The fourth-order valence-corrected chi connectivity index (χ4v) is 0.830. The van der Waals surface area contributed by atoms with Gasteiger partial charge in [-0.3, -0.25) is 0 Å². The highest BCUT2D eigenvalue weighted by molar-refractivity contribution is 5.24. The van der Waals surface area contributed by atoms with Crippen molar-refractivity contribution in [1.29, 1.82) is 0 Å². The maximum absolute atomic E-state index is 3.89. The molecule has 1 heterocycles. The molecule has 0 amide bonds. The van der Waals surface area contributed by atoms with Gasteiger partial charge in [-0.25, -0.2) is 0 Å². The molecule has 0 spiro atoms. The highest BCUT2D eigenvalue weighted by atomic mass is 14.6. The third-order valence-corrected chi connectivity index (χ3v) is 1.53. The van der Waals surface area contributed by atoms with Crippen LogP contribution in [0.15, 0.2) is 6.20 Å². The molecule has 0 unspecified atom stereocenters. The zero-order chi connectivity index (χ0) is 11.6. The van der Waals surface area contributed by atoms with Gasteiger partial charge < -0.3 is 4.98 Å². The molecule has 0 radical (unpaired) electrons. The van der Waals surface area contributed by atoms with Gasteiger partial charge in [-0.05, 0) is 24.6 Å². The van der Waals surface area contributed by atoms with Crippen molar-refractivity contribution in [2.45, 2.75) is 48.0 Å². The molecule has 1 aromatic heterocycles. The van der Waals surface area contributed by atoms with Crippen LogP contribution in [0, 0.1) is 6.92 Å². The summed E-state index contributed by atoms with van der Waals surface area (Å²) in [5, 5.41) is 2.24. The first-order valence-corrected chi connectivity index (χ1v) is 5.46. The molecule has 82 valence electrons. The molecule has 14 heavy (non-hydrogen) atoms. The highest BCUT2D eigenvalue weighted by Gasteiger charge is 1.85. The second-order valence-corrected chi connectivity index (χ2v) is 2.86. The van der Waals surface area contributed by atoms with Crippen LogP contribution in [0.25, 0.3) is 12.7 Å². The van der Waals surface area contributed by atoms with E-state index in [4.69, 9.17) is 0 Å². The predicted molar refractivity (Wildman–Crippen MR) is 67.8 cm³/mol. The normalized spacial score (nSPS) is 9.71. The number of aryl methyl sites for hydroxylation is 1. The van der Waals surface area contributed by atoms with Crippen LogP contribution in [0.2, 0.25) is 0 Å². The van der Waals surface area contributed by atoms with Crippen molar-refractivity contribution >= 4 is 12.7 Å². The zero-order valence-electron chi connectivity index (χ0n) is 10.6. The topological polar surface area (TPSA) is 15.8 Å². The Balaban J connectivity index is 0. The van der Waals surface area contributed by atoms with Crippen molar-refractivity contribution in [3.8, 4) is 0 Å². The van der Waals surface area contributed by atoms with Crippen LogP contribution >= 0.6 is 0 Å². The van der Waals surface area contributed by atoms with Gasteiger partial charge in [0.1, 0.15) is 0 Å². The average molecular weight is 195 g/mol. The summed E-state index contributed by atoms with van der Waals surface area (Å²) in [4.78, 5) is 3.11. The molecule has 1 aromatic rings. The summed E-state index contributed by atoms with van der Waals surface area (Å²) in [6.07, 6.45) is 5.24. The van der Waals surface area contributed by atoms with E-state index in [-0.39, 0.29) is 0 Å². The summed E-state index contributed by atoms with van der Waals surface area (Å²) >= 11 is 0. The lowest BCUT2D eigenvalue weighted by molar-refractivity contribution is 1.09. The Morgan fingerprint density at radius 2 is 1.79 bits per heavy atom. The Hall–Kier alpha value is -0.980. The van der Waals surface area contributed by atoms with Crippen LogP contribution in [0.1, 0.15) is 46.6 Å². The molecule has 0 saturated carbocycles. The minimum absolute atomic E-state index is 1.11.